The van der Waals surface area contributed by atoms with Gasteiger partial charge in [0.2, 0.25) is 0 Å². The fourth-order valence-corrected chi connectivity index (χ4v) is 3.93. The van der Waals surface area contributed by atoms with Crippen molar-refractivity contribution in [1.82, 2.24) is 10.3 Å². The number of fused-ring (bicyclic) bond motifs is 1. The van der Waals surface area contributed by atoms with Gasteiger partial charge in [0.05, 0.1) is 10.9 Å². The number of aryl methyl sites for hydroxylation is 1. The third kappa shape index (κ3) is 3.16. The summed E-state index contributed by atoms with van der Waals surface area (Å²) in [6, 6.07) is 5.96. The molecule has 0 saturated carbocycles. The molecule has 0 spiro atoms. The van der Waals surface area contributed by atoms with Crippen molar-refractivity contribution < 1.29 is 4.79 Å². The average Bonchev–Trinajstić information content (AvgIpc) is 2.91. The van der Waals surface area contributed by atoms with Gasteiger partial charge in [0.15, 0.2) is 0 Å². The van der Waals surface area contributed by atoms with Crippen LogP contribution in [0.25, 0.3) is 0 Å². The number of rotatable bonds is 3. The maximum absolute atomic E-state index is 12.4. The highest BCUT2D eigenvalue weighted by Crippen LogP contribution is 2.32. The number of thiophene rings is 1. The first-order valence-electron chi connectivity index (χ1n) is 7.46. The second-order valence-corrected chi connectivity index (χ2v) is 7.02. The van der Waals surface area contributed by atoms with Crippen LogP contribution in [0.15, 0.2) is 30.6 Å². The lowest BCUT2D eigenvalue weighted by Gasteiger charge is -2.16. The van der Waals surface area contributed by atoms with Crippen LogP contribution < -0.4 is 5.32 Å². The molecule has 0 radical (unpaired) electrons. The van der Waals surface area contributed by atoms with Gasteiger partial charge in [-0.3, -0.25) is 9.78 Å². The van der Waals surface area contributed by atoms with Gasteiger partial charge in [0, 0.05) is 17.3 Å². The highest BCUT2D eigenvalue weighted by Gasteiger charge is 2.21. The number of amides is 1. The van der Waals surface area contributed by atoms with Gasteiger partial charge >= 0.3 is 0 Å². The first kappa shape index (κ1) is 14.3. The number of carbonyl (C=O) groups is 1. The van der Waals surface area contributed by atoms with E-state index in [2.05, 4.69) is 23.3 Å². The Balaban J connectivity index is 1.71. The first-order chi connectivity index (χ1) is 10.1. The van der Waals surface area contributed by atoms with Crippen LogP contribution in [0.2, 0.25) is 0 Å². The molecule has 2 heterocycles. The SMILES string of the molecule is C[C@@H]1CCc2sc(C(=O)N[C@@H](C)c3ccncc3)cc2C1. The van der Waals surface area contributed by atoms with Gasteiger partial charge in [-0.25, -0.2) is 0 Å². The zero-order valence-electron chi connectivity index (χ0n) is 12.4. The van der Waals surface area contributed by atoms with E-state index in [1.807, 2.05) is 19.1 Å². The summed E-state index contributed by atoms with van der Waals surface area (Å²) in [5, 5.41) is 3.08. The largest absolute Gasteiger partial charge is 0.345 e. The summed E-state index contributed by atoms with van der Waals surface area (Å²) >= 11 is 1.66. The summed E-state index contributed by atoms with van der Waals surface area (Å²) in [7, 11) is 0. The van der Waals surface area contributed by atoms with E-state index in [0.717, 1.165) is 29.2 Å². The van der Waals surface area contributed by atoms with Crippen LogP contribution in [0.3, 0.4) is 0 Å². The Bertz CT molecular complexity index is 635. The molecule has 1 aliphatic carbocycles. The Morgan fingerprint density at radius 2 is 2.19 bits per heavy atom. The highest BCUT2D eigenvalue weighted by atomic mass is 32.1. The molecule has 3 nitrogen and oxygen atoms in total. The molecule has 0 unspecified atom stereocenters. The average molecular weight is 300 g/mol. The first-order valence-corrected chi connectivity index (χ1v) is 8.27. The van der Waals surface area contributed by atoms with Crippen molar-refractivity contribution in [3.8, 4) is 0 Å². The number of nitrogens with zero attached hydrogens (tertiary/aromatic N) is 1. The van der Waals surface area contributed by atoms with Crippen LogP contribution in [0.5, 0.6) is 0 Å². The van der Waals surface area contributed by atoms with E-state index in [4.69, 9.17) is 0 Å². The topological polar surface area (TPSA) is 42.0 Å². The molecule has 1 aliphatic rings. The summed E-state index contributed by atoms with van der Waals surface area (Å²) in [6.07, 6.45) is 6.97. The molecule has 4 heteroatoms. The van der Waals surface area contributed by atoms with Gasteiger partial charge in [-0.15, -0.1) is 11.3 Å². The maximum atomic E-state index is 12.4. The van der Waals surface area contributed by atoms with E-state index in [1.165, 1.54) is 16.9 Å². The second kappa shape index (κ2) is 5.98. The third-order valence-electron chi connectivity index (χ3n) is 4.11. The fourth-order valence-electron chi connectivity index (χ4n) is 2.82. The Labute approximate surface area is 129 Å². The van der Waals surface area contributed by atoms with Crippen molar-refractivity contribution in [2.75, 3.05) is 0 Å². The van der Waals surface area contributed by atoms with Crippen molar-refractivity contribution in [2.45, 2.75) is 39.2 Å². The molecule has 0 fully saturated rings. The number of nitrogens with one attached hydrogen (secondary N) is 1. The van der Waals surface area contributed by atoms with Gasteiger partial charge in [-0.1, -0.05) is 6.92 Å². The summed E-state index contributed by atoms with van der Waals surface area (Å²) in [6.45, 7) is 4.29. The molecule has 0 bridgehead atoms. The van der Waals surface area contributed by atoms with Crippen LogP contribution in [-0.4, -0.2) is 10.9 Å². The van der Waals surface area contributed by atoms with Crippen molar-refractivity contribution in [3.05, 3.63) is 51.5 Å². The summed E-state index contributed by atoms with van der Waals surface area (Å²) in [4.78, 5) is 18.7. The molecule has 3 rings (SSSR count). The Hall–Kier alpha value is -1.68. The van der Waals surface area contributed by atoms with E-state index in [9.17, 15) is 4.79 Å². The van der Waals surface area contributed by atoms with E-state index in [-0.39, 0.29) is 11.9 Å². The van der Waals surface area contributed by atoms with Gasteiger partial charge in [0.25, 0.3) is 5.91 Å². The number of hydrogen-bond donors (Lipinski definition) is 1. The molecular formula is C17H20N2OS. The zero-order chi connectivity index (χ0) is 14.8. The van der Waals surface area contributed by atoms with Crippen LogP contribution in [0, 0.1) is 5.92 Å². The third-order valence-corrected chi connectivity index (χ3v) is 5.34. The van der Waals surface area contributed by atoms with Crippen molar-refractivity contribution in [3.63, 3.8) is 0 Å². The molecule has 1 N–H and O–H groups in total. The van der Waals surface area contributed by atoms with Crippen molar-refractivity contribution in [2.24, 2.45) is 5.92 Å². The minimum atomic E-state index is -0.00134. The molecule has 110 valence electrons. The van der Waals surface area contributed by atoms with Gasteiger partial charge in [0.1, 0.15) is 0 Å². The highest BCUT2D eigenvalue weighted by molar-refractivity contribution is 7.14. The summed E-state index contributed by atoms with van der Waals surface area (Å²) in [5.41, 5.74) is 2.45. The van der Waals surface area contributed by atoms with Gasteiger partial charge in [-0.2, -0.15) is 0 Å². The summed E-state index contributed by atoms with van der Waals surface area (Å²) < 4.78 is 0. The van der Waals surface area contributed by atoms with E-state index < -0.39 is 0 Å². The lowest BCUT2D eigenvalue weighted by molar-refractivity contribution is 0.0944. The smallest absolute Gasteiger partial charge is 0.261 e. The number of hydrogen-bond acceptors (Lipinski definition) is 3. The zero-order valence-corrected chi connectivity index (χ0v) is 13.2. The number of aromatic nitrogens is 1. The van der Waals surface area contributed by atoms with Crippen molar-refractivity contribution >= 4 is 17.2 Å². The number of pyridine rings is 1. The predicted octanol–water partition coefficient (Wildman–Crippen LogP) is 3.76. The fraction of sp³-hybridized carbons (Fsp3) is 0.412. The minimum Gasteiger partial charge on any atom is -0.345 e. The van der Waals surface area contributed by atoms with Crippen LogP contribution in [0.4, 0.5) is 0 Å². The number of carbonyl (C=O) groups excluding carboxylic acids is 1. The standard InChI is InChI=1S/C17H20N2OS/c1-11-3-4-15-14(9-11)10-16(21-15)17(20)19-12(2)13-5-7-18-8-6-13/h5-8,10-12H,3-4,9H2,1-2H3,(H,19,20)/t11-,12+/m1/s1. The second-order valence-electron chi connectivity index (χ2n) is 5.88. The Kier molecular flexibility index (Phi) is 4.06. The van der Waals surface area contributed by atoms with Crippen LogP contribution in [0.1, 0.15) is 52.0 Å². The Morgan fingerprint density at radius 1 is 1.43 bits per heavy atom. The lowest BCUT2D eigenvalue weighted by Crippen LogP contribution is -2.25. The summed E-state index contributed by atoms with van der Waals surface area (Å²) in [5.74, 6) is 0.769. The molecule has 0 aromatic carbocycles. The molecule has 1 amide bonds. The molecule has 2 atom stereocenters. The van der Waals surface area contributed by atoms with Gasteiger partial charge < -0.3 is 5.32 Å². The normalized spacial score (nSPS) is 18.9. The predicted molar refractivity (Wildman–Crippen MR) is 85.6 cm³/mol. The molecule has 2 aromatic rings. The van der Waals surface area contributed by atoms with E-state index in [0.29, 0.717) is 0 Å². The molecule has 2 aromatic heterocycles. The van der Waals surface area contributed by atoms with E-state index in [1.54, 1.807) is 23.7 Å². The molecule has 0 aliphatic heterocycles. The maximum Gasteiger partial charge on any atom is 0.261 e. The monoisotopic (exact) mass is 300 g/mol. The van der Waals surface area contributed by atoms with E-state index >= 15 is 0 Å². The van der Waals surface area contributed by atoms with Crippen molar-refractivity contribution in [1.29, 1.82) is 0 Å². The molecule has 21 heavy (non-hydrogen) atoms. The van der Waals surface area contributed by atoms with Gasteiger partial charge in [-0.05, 0) is 61.4 Å². The molecular weight excluding hydrogens is 280 g/mol. The Morgan fingerprint density at radius 3 is 2.95 bits per heavy atom. The molecule has 0 saturated heterocycles. The van der Waals surface area contributed by atoms with Crippen LogP contribution in [-0.2, 0) is 12.8 Å². The van der Waals surface area contributed by atoms with Crippen LogP contribution >= 0.6 is 11.3 Å². The quantitative estimate of drug-likeness (QED) is 0.938. The lowest BCUT2D eigenvalue weighted by atomic mass is 9.90. The minimum absolute atomic E-state index is 0.00134.